The summed E-state index contributed by atoms with van der Waals surface area (Å²) in [5, 5.41) is 6.73. The van der Waals surface area contributed by atoms with E-state index < -0.39 is 17.6 Å². The first-order valence-electron chi connectivity index (χ1n) is 6.54. The third kappa shape index (κ3) is 3.60. The minimum atomic E-state index is -4.50. The fourth-order valence-corrected chi connectivity index (χ4v) is 1.95. The summed E-state index contributed by atoms with van der Waals surface area (Å²) >= 11 is 0. The van der Waals surface area contributed by atoms with E-state index in [1.54, 1.807) is 6.07 Å². The predicted octanol–water partition coefficient (Wildman–Crippen LogP) is 3.53. The maximum Gasteiger partial charge on any atom is 0.419 e. The number of rotatable bonds is 5. The highest BCUT2D eigenvalue weighted by molar-refractivity contribution is 5.42. The lowest BCUT2D eigenvalue weighted by Gasteiger charge is -2.11. The first-order valence-corrected chi connectivity index (χ1v) is 6.54. The van der Waals surface area contributed by atoms with Crippen molar-refractivity contribution in [2.24, 2.45) is 0 Å². The molecule has 0 bridgehead atoms. The molecule has 0 saturated carbocycles. The number of benzene rings is 1. The van der Waals surface area contributed by atoms with Crippen LogP contribution in [-0.2, 0) is 12.7 Å². The van der Waals surface area contributed by atoms with Gasteiger partial charge in [0.2, 0.25) is 0 Å². The van der Waals surface area contributed by atoms with E-state index in [-0.39, 0.29) is 5.69 Å². The second-order valence-corrected chi connectivity index (χ2v) is 4.60. The largest absolute Gasteiger partial charge is 0.419 e. The molecule has 3 nitrogen and oxygen atoms in total. The number of halogens is 4. The van der Waals surface area contributed by atoms with Gasteiger partial charge in [-0.2, -0.15) is 18.3 Å². The fraction of sp³-hybridized carbons (Fsp3) is 0.357. The van der Waals surface area contributed by atoms with Crippen molar-refractivity contribution in [3.05, 3.63) is 47.5 Å². The molecule has 1 aromatic heterocycles. The van der Waals surface area contributed by atoms with Gasteiger partial charge in [0, 0.05) is 12.7 Å². The summed E-state index contributed by atoms with van der Waals surface area (Å²) in [7, 11) is 0. The molecule has 2 rings (SSSR count). The molecule has 0 aliphatic rings. The Morgan fingerprint density at radius 1 is 1.29 bits per heavy atom. The monoisotopic (exact) mass is 301 g/mol. The first-order chi connectivity index (χ1) is 9.93. The Balaban J connectivity index is 2.36. The maximum absolute atomic E-state index is 14.0. The molecule has 0 aliphatic heterocycles. The number of hydrogen-bond acceptors (Lipinski definition) is 2. The SMILES string of the molecule is CCCNCc1cccc(F)c1-n1cc(C(F)(F)F)cn1. The molecule has 0 amide bonds. The highest BCUT2D eigenvalue weighted by atomic mass is 19.4. The van der Waals surface area contributed by atoms with Gasteiger partial charge < -0.3 is 5.32 Å². The molecule has 1 N–H and O–H groups in total. The molecule has 21 heavy (non-hydrogen) atoms. The van der Waals surface area contributed by atoms with Gasteiger partial charge >= 0.3 is 6.18 Å². The number of alkyl halides is 3. The zero-order valence-corrected chi connectivity index (χ0v) is 11.4. The van der Waals surface area contributed by atoms with Gasteiger partial charge in [0.05, 0.1) is 11.8 Å². The van der Waals surface area contributed by atoms with E-state index in [0.717, 1.165) is 23.8 Å². The Bertz CT molecular complexity index is 605. The predicted molar refractivity (Wildman–Crippen MR) is 70.5 cm³/mol. The van der Waals surface area contributed by atoms with Crippen molar-refractivity contribution in [3.63, 3.8) is 0 Å². The van der Waals surface area contributed by atoms with Crippen LogP contribution in [0.15, 0.2) is 30.6 Å². The maximum atomic E-state index is 14.0. The first kappa shape index (κ1) is 15.5. The molecule has 0 atom stereocenters. The number of nitrogens with zero attached hydrogens (tertiary/aromatic N) is 2. The van der Waals surface area contributed by atoms with E-state index in [9.17, 15) is 17.6 Å². The molecule has 0 radical (unpaired) electrons. The lowest BCUT2D eigenvalue weighted by atomic mass is 10.1. The lowest BCUT2D eigenvalue weighted by molar-refractivity contribution is -0.137. The van der Waals surface area contributed by atoms with Gasteiger partial charge in [-0.3, -0.25) is 0 Å². The summed E-state index contributed by atoms with van der Waals surface area (Å²) < 4.78 is 52.7. The molecule has 2 aromatic rings. The summed E-state index contributed by atoms with van der Waals surface area (Å²) in [6, 6.07) is 4.39. The Hall–Kier alpha value is -1.89. The minimum absolute atomic E-state index is 0.0385. The van der Waals surface area contributed by atoms with Gasteiger partial charge in [-0.15, -0.1) is 0 Å². The van der Waals surface area contributed by atoms with Crippen molar-refractivity contribution in [2.45, 2.75) is 26.1 Å². The van der Waals surface area contributed by atoms with E-state index >= 15 is 0 Å². The van der Waals surface area contributed by atoms with Crippen LogP contribution in [0.2, 0.25) is 0 Å². The molecule has 0 saturated heterocycles. The molecule has 1 aromatic carbocycles. The minimum Gasteiger partial charge on any atom is -0.313 e. The van der Waals surface area contributed by atoms with Crippen LogP contribution in [0.5, 0.6) is 0 Å². The van der Waals surface area contributed by atoms with Crippen LogP contribution in [0.3, 0.4) is 0 Å². The summed E-state index contributed by atoms with van der Waals surface area (Å²) in [6.45, 7) is 3.09. The molecule has 0 unspecified atom stereocenters. The Kier molecular flexibility index (Phi) is 4.62. The average Bonchev–Trinajstić information content (AvgIpc) is 2.88. The molecule has 0 fully saturated rings. The van der Waals surface area contributed by atoms with Gasteiger partial charge in [-0.05, 0) is 24.6 Å². The number of hydrogen-bond donors (Lipinski definition) is 1. The molecule has 0 spiro atoms. The van der Waals surface area contributed by atoms with Crippen molar-refractivity contribution in [2.75, 3.05) is 6.54 Å². The van der Waals surface area contributed by atoms with E-state index in [1.165, 1.54) is 12.1 Å². The second-order valence-electron chi connectivity index (χ2n) is 4.60. The van der Waals surface area contributed by atoms with Crippen molar-refractivity contribution in [3.8, 4) is 5.69 Å². The molecular formula is C14H15F4N3. The Labute approximate surface area is 119 Å². The number of para-hydroxylation sites is 1. The van der Waals surface area contributed by atoms with Gasteiger partial charge in [0.15, 0.2) is 0 Å². The van der Waals surface area contributed by atoms with E-state index in [0.29, 0.717) is 18.3 Å². The van der Waals surface area contributed by atoms with E-state index in [1.807, 2.05) is 6.92 Å². The average molecular weight is 301 g/mol. The van der Waals surface area contributed by atoms with Crippen LogP contribution < -0.4 is 5.32 Å². The zero-order chi connectivity index (χ0) is 15.5. The van der Waals surface area contributed by atoms with E-state index in [4.69, 9.17) is 0 Å². The fourth-order valence-electron chi connectivity index (χ4n) is 1.95. The van der Waals surface area contributed by atoms with Crippen molar-refractivity contribution < 1.29 is 17.6 Å². The second kappa shape index (κ2) is 6.26. The summed E-state index contributed by atoms with van der Waals surface area (Å²) in [5.41, 5.74) is -0.310. The van der Waals surface area contributed by atoms with Crippen LogP contribution in [0.4, 0.5) is 17.6 Å². The van der Waals surface area contributed by atoms with Crippen LogP contribution in [0.25, 0.3) is 5.69 Å². The van der Waals surface area contributed by atoms with Gasteiger partial charge in [-0.1, -0.05) is 19.1 Å². The summed E-state index contributed by atoms with van der Waals surface area (Å²) in [5.74, 6) is -0.609. The molecule has 114 valence electrons. The quantitative estimate of drug-likeness (QED) is 0.676. The smallest absolute Gasteiger partial charge is 0.313 e. The van der Waals surface area contributed by atoms with Gasteiger partial charge in [-0.25, -0.2) is 9.07 Å². The molecule has 1 heterocycles. The normalized spacial score (nSPS) is 11.9. The van der Waals surface area contributed by atoms with Crippen molar-refractivity contribution in [1.29, 1.82) is 0 Å². The molecule has 0 aliphatic carbocycles. The Morgan fingerprint density at radius 2 is 2.05 bits per heavy atom. The molecular weight excluding hydrogens is 286 g/mol. The highest BCUT2D eigenvalue weighted by Gasteiger charge is 2.32. The third-order valence-corrected chi connectivity index (χ3v) is 2.95. The van der Waals surface area contributed by atoms with Gasteiger partial charge in [0.1, 0.15) is 11.5 Å². The highest BCUT2D eigenvalue weighted by Crippen LogP contribution is 2.30. The van der Waals surface area contributed by atoms with Crippen molar-refractivity contribution >= 4 is 0 Å². The summed E-state index contributed by atoms with van der Waals surface area (Å²) in [6.07, 6.45) is -2.10. The van der Waals surface area contributed by atoms with Crippen molar-refractivity contribution in [1.82, 2.24) is 15.1 Å². The summed E-state index contributed by atoms with van der Waals surface area (Å²) in [4.78, 5) is 0. The van der Waals surface area contributed by atoms with Gasteiger partial charge in [0.25, 0.3) is 0 Å². The van der Waals surface area contributed by atoms with Crippen LogP contribution in [-0.4, -0.2) is 16.3 Å². The number of nitrogens with one attached hydrogen (secondary N) is 1. The standard InChI is InChI=1S/C14H15F4N3/c1-2-6-19-7-10-4-3-5-12(15)13(10)21-9-11(8-20-21)14(16,17)18/h3-5,8-9,19H,2,6-7H2,1H3. The zero-order valence-electron chi connectivity index (χ0n) is 11.4. The topological polar surface area (TPSA) is 29.9 Å². The third-order valence-electron chi connectivity index (χ3n) is 2.95. The lowest BCUT2D eigenvalue weighted by Crippen LogP contribution is -2.16. The molecule has 7 heteroatoms. The van der Waals surface area contributed by atoms with Crippen LogP contribution in [0, 0.1) is 5.82 Å². The number of aromatic nitrogens is 2. The van der Waals surface area contributed by atoms with E-state index in [2.05, 4.69) is 10.4 Å². The van der Waals surface area contributed by atoms with Crippen LogP contribution >= 0.6 is 0 Å². The Morgan fingerprint density at radius 3 is 2.67 bits per heavy atom. The van der Waals surface area contributed by atoms with Crippen LogP contribution in [0.1, 0.15) is 24.5 Å².